The van der Waals surface area contributed by atoms with E-state index in [2.05, 4.69) is 4.98 Å². The predicted molar refractivity (Wildman–Crippen MR) is 73.4 cm³/mol. The summed E-state index contributed by atoms with van der Waals surface area (Å²) in [5.41, 5.74) is 6.69. The SMILES string of the molecule is C[C@@H](N)c1ccc(Oc2cc(Cl)cc(Cl)c2)nc1. The lowest BCUT2D eigenvalue weighted by Gasteiger charge is -2.08. The van der Waals surface area contributed by atoms with Crippen LogP contribution in [-0.4, -0.2) is 4.98 Å². The fourth-order valence-electron chi connectivity index (χ4n) is 1.43. The molecule has 0 aliphatic rings. The van der Waals surface area contributed by atoms with Gasteiger partial charge in [0.25, 0.3) is 0 Å². The van der Waals surface area contributed by atoms with E-state index in [4.69, 9.17) is 33.7 Å². The molecule has 0 bridgehead atoms. The molecule has 2 rings (SSSR count). The molecule has 0 aliphatic heterocycles. The Bertz CT molecular complexity index is 521. The standard InChI is InChI=1S/C13H12Cl2N2O/c1-8(16)9-2-3-13(17-7-9)18-12-5-10(14)4-11(15)6-12/h2-8H,16H2,1H3/t8-/m1/s1. The molecular formula is C13H12Cl2N2O. The zero-order valence-corrected chi connectivity index (χ0v) is 11.2. The van der Waals surface area contributed by atoms with Crippen LogP contribution in [0.3, 0.4) is 0 Å². The van der Waals surface area contributed by atoms with Gasteiger partial charge in [-0.15, -0.1) is 0 Å². The third kappa shape index (κ3) is 3.35. The summed E-state index contributed by atoms with van der Waals surface area (Å²) in [7, 11) is 0. The summed E-state index contributed by atoms with van der Waals surface area (Å²) < 4.78 is 5.55. The highest BCUT2D eigenvalue weighted by molar-refractivity contribution is 6.34. The van der Waals surface area contributed by atoms with Crippen molar-refractivity contribution in [3.05, 3.63) is 52.1 Å². The molecule has 0 spiro atoms. The summed E-state index contributed by atoms with van der Waals surface area (Å²) in [5, 5.41) is 1.04. The van der Waals surface area contributed by atoms with Crippen molar-refractivity contribution in [3.8, 4) is 11.6 Å². The molecule has 1 aromatic heterocycles. The van der Waals surface area contributed by atoms with Gasteiger partial charge in [0.2, 0.25) is 5.88 Å². The van der Waals surface area contributed by atoms with Gasteiger partial charge in [-0.3, -0.25) is 0 Å². The second-order valence-corrected chi connectivity index (χ2v) is 4.80. The highest BCUT2D eigenvalue weighted by Crippen LogP contribution is 2.27. The van der Waals surface area contributed by atoms with E-state index in [0.29, 0.717) is 21.7 Å². The summed E-state index contributed by atoms with van der Waals surface area (Å²) in [4.78, 5) is 4.17. The van der Waals surface area contributed by atoms with Crippen LogP contribution in [0, 0.1) is 0 Å². The Hall–Kier alpha value is -1.29. The van der Waals surface area contributed by atoms with E-state index in [-0.39, 0.29) is 6.04 Å². The molecule has 2 aromatic rings. The van der Waals surface area contributed by atoms with Crippen LogP contribution >= 0.6 is 23.2 Å². The molecule has 0 amide bonds. The van der Waals surface area contributed by atoms with E-state index >= 15 is 0 Å². The number of halogens is 2. The van der Waals surface area contributed by atoms with Crippen LogP contribution in [0.5, 0.6) is 11.6 Å². The highest BCUT2D eigenvalue weighted by Gasteiger charge is 2.04. The number of pyridine rings is 1. The predicted octanol–water partition coefficient (Wildman–Crippen LogP) is 4.20. The largest absolute Gasteiger partial charge is 0.439 e. The minimum Gasteiger partial charge on any atom is -0.439 e. The molecule has 94 valence electrons. The molecule has 1 atom stereocenters. The number of nitrogens with zero attached hydrogens (tertiary/aromatic N) is 1. The molecule has 18 heavy (non-hydrogen) atoms. The van der Waals surface area contributed by atoms with E-state index in [0.717, 1.165) is 5.56 Å². The van der Waals surface area contributed by atoms with Crippen molar-refractivity contribution < 1.29 is 4.74 Å². The fourth-order valence-corrected chi connectivity index (χ4v) is 1.94. The molecule has 1 heterocycles. The molecule has 0 radical (unpaired) electrons. The number of hydrogen-bond donors (Lipinski definition) is 1. The van der Waals surface area contributed by atoms with E-state index < -0.39 is 0 Å². The Balaban J connectivity index is 2.18. The number of hydrogen-bond acceptors (Lipinski definition) is 3. The van der Waals surface area contributed by atoms with Crippen molar-refractivity contribution in [2.45, 2.75) is 13.0 Å². The first-order valence-electron chi connectivity index (χ1n) is 5.40. The maximum Gasteiger partial charge on any atom is 0.219 e. The molecule has 0 saturated heterocycles. The molecule has 0 unspecified atom stereocenters. The van der Waals surface area contributed by atoms with Gasteiger partial charge in [-0.05, 0) is 30.7 Å². The summed E-state index contributed by atoms with van der Waals surface area (Å²) in [6, 6.07) is 8.57. The Morgan fingerprint density at radius 2 is 1.83 bits per heavy atom. The molecule has 0 fully saturated rings. The number of ether oxygens (including phenoxy) is 1. The molecular weight excluding hydrogens is 271 g/mol. The Kier molecular flexibility index (Phi) is 4.07. The van der Waals surface area contributed by atoms with Gasteiger partial charge >= 0.3 is 0 Å². The summed E-state index contributed by atoms with van der Waals surface area (Å²) in [6.07, 6.45) is 1.69. The van der Waals surface area contributed by atoms with E-state index in [9.17, 15) is 0 Å². The first-order valence-corrected chi connectivity index (χ1v) is 6.15. The van der Waals surface area contributed by atoms with E-state index in [1.54, 1.807) is 30.5 Å². The average Bonchev–Trinajstić information content (AvgIpc) is 2.28. The second-order valence-electron chi connectivity index (χ2n) is 3.93. The van der Waals surface area contributed by atoms with E-state index in [1.165, 1.54) is 0 Å². The van der Waals surface area contributed by atoms with Gasteiger partial charge < -0.3 is 10.5 Å². The number of rotatable bonds is 3. The zero-order valence-electron chi connectivity index (χ0n) is 9.73. The maximum absolute atomic E-state index is 5.88. The zero-order chi connectivity index (χ0) is 13.1. The average molecular weight is 283 g/mol. The van der Waals surface area contributed by atoms with Gasteiger partial charge in [0.15, 0.2) is 0 Å². The normalized spacial score (nSPS) is 12.2. The van der Waals surface area contributed by atoms with Crippen LogP contribution in [0.2, 0.25) is 10.0 Å². The molecule has 0 saturated carbocycles. The number of benzene rings is 1. The van der Waals surface area contributed by atoms with Crippen molar-refractivity contribution in [1.82, 2.24) is 4.98 Å². The first-order chi connectivity index (χ1) is 8.54. The highest BCUT2D eigenvalue weighted by atomic mass is 35.5. The summed E-state index contributed by atoms with van der Waals surface area (Å²) >= 11 is 11.8. The van der Waals surface area contributed by atoms with Crippen LogP contribution < -0.4 is 10.5 Å². The smallest absolute Gasteiger partial charge is 0.219 e. The summed E-state index contributed by atoms with van der Waals surface area (Å²) in [5.74, 6) is 1.02. The van der Waals surface area contributed by atoms with Crippen molar-refractivity contribution in [3.63, 3.8) is 0 Å². The van der Waals surface area contributed by atoms with Crippen molar-refractivity contribution in [1.29, 1.82) is 0 Å². The van der Waals surface area contributed by atoms with Crippen LogP contribution in [0.25, 0.3) is 0 Å². The monoisotopic (exact) mass is 282 g/mol. The van der Waals surface area contributed by atoms with E-state index in [1.807, 2.05) is 13.0 Å². The first kappa shape index (κ1) is 13.1. The van der Waals surface area contributed by atoms with Crippen molar-refractivity contribution in [2.75, 3.05) is 0 Å². The molecule has 1 aromatic carbocycles. The third-order valence-corrected chi connectivity index (χ3v) is 2.78. The van der Waals surface area contributed by atoms with Gasteiger partial charge in [-0.1, -0.05) is 29.3 Å². The Morgan fingerprint density at radius 3 is 2.33 bits per heavy atom. The molecule has 5 heteroatoms. The van der Waals surface area contributed by atoms with Crippen LogP contribution in [0.15, 0.2) is 36.5 Å². The molecule has 0 aliphatic carbocycles. The Labute approximate surface area is 115 Å². The maximum atomic E-state index is 5.88. The van der Waals surface area contributed by atoms with Crippen LogP contribution in [0.4, 0.5) is 0 Å². The second kappa shape index (κ2) is 5.57. The summed E-state index contributed by atoms with van der Waals surface area (Å²) in [6.45, 7) is 1.90. The Morgan fingerprint density at radius 1 is 1.17 bits per heavy atom. The lowest BCUT2D eigenvalue weighted by Crippen LogP contribution is -2.05. The number of nitrogens with two attached hydrogens (primary N) is 1. The van der Waals surface area contributed by atoms with Crippen LogP contribution in [0.1, 0.15) is 18.5 Å². The van der Waals surface area contributed by atoms with Gasteiger partial charge in [-0.2, -0.15) is 0 Å². The van der Waals surface area contributed by atoms with Gasteiger partial charge in [0.05, 0.1) is 0 Å². The van der Waals surface area contributed by atoms with Crippen molar-refractivity contribution in [2.24, 2.45) is 5.73 Å². The van der Waals surface area contributed by atoms with Gasteiger partial charge in [0, 0.05) is 28.4 Å². The fraction of sp³-hybridized carbons (Fsp3) is 0.154. The minimum absolute atomic E-state index is 0.0489. The molecule has 3 nitrogen and oxygen atoms in total. The lowest BCUT2D eigenvalue weighted by atomic mass is 10.2. The lowest BCUT2D eigenvalue weighted by molar-refractivity contribution is 0.462. The topological polar surface area (TPSA) is 48.1 Å². The number of aromatic nitrogens is 1. The van der Waals surface area contributed by atoms with Gasteiger partial charge in [-0.25, -0.2) is 4.98 Å². The molecule has 2 N–H and O–H groups in total. The van der Waals surface area contributed by atoms with Crippen molar-refractivity contribution >= 4 is 23.2 Å². The minimum atomic E-state index is -0.0489. The third-order valence-electron chi connectivity index (χ3n) is 2.34. The quantitative estimate of drug-likeness (QED) is 0.918. The van der Waals surface area contributed by atoms with Crippen LogP contribution in [-0.2, 0) is 0 Å². The van der Waals surface area contributed by atoms with Gasteiger partial charge in [0.1, 0.15) is 5.75 Å².